The molecule has 1 heterocycles. The normalized spacial score (nSPS) is 11.9. The molecule has 0 spiro atoms. The van der Waals surface area contributed by atoms with Crippen molar-refractivity contribution in [1.29, 1.82) is 0 Å². The van der Waals surface area contributed by atoms with E-state index in [1.165, 1.54) is 0 Å². The Labute approximate surface area is 91.2 Å². The largest absolute Gasteiger partial charge is 0.424 e. The number of aromatic nitrogens is 1. The number of hydrogen-bond donors (Lipinski definition) is 0. The van der Waals surface area contributed by atoms with Crippen molar-refractivity contribution in [3.8, 4) is 0 Å². The van der Waals surface area contributed by atoms with Gasteiger partial charge in [0.15, 0.2) is 11.3 Å². The molecular formula is C8H5F5N2O2. The molecule has 0 aromatic carbocycles. The summed E-state index contributed by atoms with van der Waals surface area (Å²) in [7, 11) is 0. The first-order valence-electron chi connectivity index (χ1n) is 4.16. The standard InChI is InChI=1S/C8H5F5N2O2/c1-3-4(6(9)10)2-5(8(11,12)13)7(14-3)15(16)17/h2,6H,1H3. The fourth-order valence-corrected chi connectivity index (χ4v) is 1.18. The van der Waals surface area contributed by atoms with E-state index in [2.05, 4.69) is 4.98 Å². The Morgan fingerprint density at radius 2 is 1.94 bits per heavy atom. The number of nitro groups is 1. The van der Waals surface area contributed by atoms with Crippen LogP contribution in [0.2, 0.25) is 0 Å². The zero-order valence-corrected chi connectivity index (χ0v) is 8.26. The smallest absolute Gasteiger partial charge is 0.358 e. The van der Waals surface area contributed by atoms with Gasteiger partial charge in [0.25, 0.3) is 6.43 Å². The Morgan fingerprint density at radius 1 is 1.41 bits per heavy atom. The lowest BCUT2D eigenvalue weighted by molar-refractivity contribution is -0.392. The fraction of sp³-hybridized carbons (Fsp3) is 0.375. The van der Waals surface area contributed by atoms with E-state index in [-0.39, 0.29) is 6.07 Å². The van der Waals surface area contributed by atoms with E-state index in [0.29, 0.717) is 0 Å². The number of alkyl halides is 5. The summed E-state index contributed by atoms with van der Waals surface area (Å²) in [6.07, 6.45) is -8.28. The van der Waals surface area contributed by atoms with Crippen LogP contribution in [0.3, 0.4) is 0 Å². The summed E-state index contributed by atoms with van der Waals surface area (Å²) >= 11 is 0. The molecule has 1 rings (SSSR count). The highest BCUT2D eigenvalue weighted by Crippen LogP contribution is 2.37. The lowest BCUT2D eigenvalue weighted by Gasteiger charge is -2.09. The van der Waals surface area contributed by atoms with Gasteiger partial charge in [-0.2, -0.15) is 13.2 Å². The minimum Gasteiger partial charge on any atom is -0.358 e. The van der Waals surface area contributed by atoms with Crippen LogP contribution in [0.4, 0.5) is 27.8 Å². The predicted molar refractivity (Wildman–Crippen MR) is 45.6 cm³/mol. The van der Waals surface area contributed by atoms with E-state index >= 15 is 0 Å². The Balaban J connectivity index is 3.54. The summed E-state index contributed by atoms with van der Waals surface area (Å²) < 4.78 is 61.9. The van der Waals surface area contributed by atoms with Crippen LogP contribution in [-0.4, -0.2) is 9.91 Å². The number of nitrogens with zero attached hydrogens (tertiary/aromatic N) is 2. The van der Waals surface area contributed by atoms with Crippen LogP contribution < -0.4 is 0 Å². The molecule has 0 amide bonds. The highest BCUT2D eigenvalue weighted by Gasteiger charge is 2.41. The van der Waals surface area contributed by atoms with Gasteiger partial charge in [0.2, 0.25) is 0 Å². The molecule has 1 aromatic rings. The van der Waals surface area contributed by atoms with Crippen molar-refractivity contribution in [3.05, 3.63) is 33.0 Å². The van der Waals surface area contributed by atoms with Crippen molar-refractivity contribution in [2.75, 3.05) is 0 Å². The third kappa shape index (κ3) is 2.66. The third-order valence-electron chi connectivity index (χ3n) is 1.95. The quantitative estimate of drug-likeness (QED) is 0.463. The third-order valence-corrected chi connectivity index (χ3v) is 1.95. The van der Waals surface area contributed by atoms with Crippen LogP contribution in [0.5, 0.6) is 0 Å². The van der Waals surface area contributed by atoms with Gasteiger partial charge in [-0.05, 0) is 16.0 Å². The van der Waals surface area contributed by atoms with Crippen LogP contribution in [0.25, 0.3) is 0 Å². The summed E-state index contributed by atoms with van der Waals surface area (Å²) in [4.78, 5) is 12.0. The topological polar surface area (TPSA) is 56.0 Å². The fourth-order valence-electron chi connectivity index (χ4n) is 1.18. The summed E-state index contributed by atoms with van der Waals surface area (Å²) in [6, 6.07) is 0.0606. The highest BCUT2D eigenvalue weighted by atomic mass is 19.4. The van der Waals surface area contributed by atoms with Gasteiger partial charge in [0, 0.05) is 6.92 Å². The molecular weight excluding hydrogens is 251 g/mol. The van der Waals surface area contributed by atoms with Gasteiger partial charge in [-0.1, -0.05) is 0 Å². The van der Waals surface area contributed by atoms with Crippen molar-refractivity contribution >= 4 is 5.82 Å². The molecule has 17 heavy (non-hydrogen) atoms. The van der Waals surface area contributed by atoms with Crippen LogP contribution >= 0.6 is 0 Å². The summed E-state index contributed by atoms with van der Waals surface area (Å²) in [5.41, 5.74) is -3.24. The van der Waals surface area contributed by atoms with E-state index < -0.39 is 40.2 Å². The second-order valence-corrected chi connectivity index (χ2v) is 3.09. The lowest BCUT2D eigenvalue weighted by atomic mass is 10.1. The second-order valence-electron chi connectivity index (χ2n) is 3.09. The maximum absolute atomic E-state index is 12.4. The summed E-state index contributed by atoms with van der Waals surface area (Å²) in [6.45, 7) is 0.981. The minimum atomic E-state index is -5.10. The molecule has 4 nitrogen and oxygen atoms in total. The van der Waals surface area contributed by atoms with E-state index in [0.717, 1.165) is 6.92 Å². The molecule has 0 aliphatic heterocycles. The van der Waals surface area contributed by atoms with Crippen LogP contribution in [0.15, 0.2) is 6.07 Å². The molecule has 0 atom stereocenters. The minimum absolute atomic E-state index is 0.0606. The molecule has 0 bridgehead atoms. The van der Waals surface area contributed by atoms with Crippen molar-refractivity contribution in [2.24, 2.45) is 0 Å². The zero-order valence-electron chi connectivity index (χ0n) is 8.26. The molecule has 94 valence electrons. The average molecular weight is 256 g/mol. The first-order chi connectivity index (χ1) is 7.64. The number of aryl methyl sites for hydroxylation is 1. The van der Waals surface area contributed by atoms with Gasteiger partial charge in [-0.15, -0.1) is 0 Å². The van der Waals surface area contributed by atoms with E-state index in [1.54, 1.807) is 0 Å². The van der Waals surface area contributed by atoms with Crippen LogP contribution in [0.1, 0.15) is 23.2 Å². The van der Waals surface area contributed by atoms with E-state index in [1.807, 2.05) is 0 Å². The highest BCUT2D eigenvalue weighted by molar-refractivity contribution is 5.40. The number of rotatable bonds is 2. The Bertz CT molecular complexity index is 458. The summed E-state index contributed by atoms with van der Waals surface area (Å²) in [5, 5.41) is 10.4. The molecule has 0 saturated carbocycles. The predicted octanol–water partition coefficient (Wildman–Crippen LogP) is 3.25. The molecule has 0 aliphatic carbocycles. The first kappa shape index (κ1) is 13.3. The van der Waals surface area contributed by atoms with Gasteiger partial charge in [-0.25, -0.2) is 8.78 Å². The SMILES string of the molecule is Cc1nc([N+](=O)[O-])c(C(F)(F)F)cc1C(F)F. The number of pyridine rings is 1. The van der Waals surface area contributed by atoms with Crippen molar-refractivity contribution in [1.82, 2.24) is 4.98 Å². The van der Waals surface area contributed by atoms with Gasteiger partial charge in [-0.3, -0.25) is 0 Å². The average Bonchev–Trinajstić information content (AvgIpc) is 2.14. The van der Waals surface area contributed by atoms with Crippen LogP contribution in [0, 0.1) is 17.0 Å². The molecule has 0 fully saturated rings. The number of hydrogen-bond acceptors (Lipinski definition) is 3. The lowest BCUT2D eigenvalue weighted by Crippen LogP contribution is -2.12. The van der Waals surface area contributed by atoms with Gasteiger partial charge < -0.3 is 10.1 Å². The number of halogens is 5. The first-order valence-corrected chi connectivity index (χ1v) is 4.16. The molecule has 0 unspecified atom stereocenters. The molecule has 0 N–H and O–H groups in total. The Morgan fingerprint density at radius 3 is 2.29 bits per heavy atom. The summed E-state index contributed by atoms with van der Waals surface area (Å²) in [5.74, 6) is -1.47. The van der Waals surface area contributed by atoms with Crippen molar-refractivity contribution in [2.45, 2.75) is 19.5 Å². The van der Waals surface area contributed by atoms with Gasteiger partial charge in [0.05, 0.1) is 5.56 Å². The monoisotopic (exact) mass is 256 g/mol. The van der Waals surface area contributed by atoms with E-state index in [9.17, 15) is 32.1 Å². The Hall–Kier alpha value is -1.80. The second kappa shape index (κ2) is 4.22. The maximum atomic E-state index is 12.4. The maximum Gasteiger partial charge on any atom is 0.424 e. The van der Waals surface area contributed by atoms with Crippen LogP contribution in [-0.2, 0) is 6.18 Å². The molecule has 0 radical (unpaired) electrons. The van der Waals surface area contributed by atoms with Crippen molar-refractivity contribution in [3.63, 3.8) is 0 Å². The zero-order chi connectivity index (χ0) is 13.4. The molecule has 0 saturated heterocycles. The Kier molecular flexibility index (Phi) is 3.30. The van der Waals surface area contributed by atoms with Gasteiger partial charge >= 0.3 is 12.0 Å². The van der Waals surface area contributed by atoms with Gasteiger partial charge in [0.1, 0.15) is 0 Å². The van der Waals surface area contributed by atoms with E-state index in [4.69, 9.17) is 0 Å². The van der Waals surface area contributed by atoms with Crippen molar-refractivity contribution < 1.29 is 26.9 Å². The molecule has 1 aromatic heterocycles. The molecule has 0 aliphatic rings. The molecule has 9 heteroatoms.